The van der Waals surface area contributed by atoms with Gasteiger partial charge in [-0.2, -0.15) is 19.2 Å². The minimum absolute atomic E-state index is 0. The van der Waals surface area contributed by atoms with Gasteiger partial charge < -0.3 is 0 Å². The molecule has 0 bridgehead atoms. The Morgan fingerprint density at radius 2 is 1.22 bits per heavy atom. The zero-order valence-electron chi connectivity index (χ0n) is 13.9. The van der Waals surface area contributed by atoms with Gasteiger partial charge in [0.25, 0.3) is 0 Å². The summed E-state index contributed by atoms with van der Waals surface area (Å²) >= 11 is 11.0. The van der Waals surface area contributed by atoms with Crippen LogP contribution in [0.3, 0.4) is 0 Å². The molecule has 0 heterocycles. The number of halogens is 5. The lowest BCUT2D eigenvalue weighted by Crippen LogP contribution is -1.76. The Morgan fingerprint density at radius 3 is 1.44 bits per heavy atom. The molecule has 0 unspecified atom stereocenters. The first-order valence-electron chi connectivity index (χ1n) is 6.54. The van der Waals surface area contributed by atoms with Crippen molar-refractivity contribution in [3.8, 4) is 0 Å². The average molecular weight is 842 g/mol. The van der Waals surface area contributed by atoms with Crippen molar-refractivity contribution in [1.29, 1.82) is 0 Å². The van der Waals surface area contributed by atoms with Crippen LogP contribution in [0, 0.1) is 6.92 Å². The molecule has 2 aromatic rings. The zero-order valence-corrected chi connectivity index (χ0v) is 23.7. The molecule has 0 saturated heterocycles. The number of rotatable bonds is 1. The number of benzene rings is 2. The fourth-order valence-corrected chi connectivity index (χ4v) is 2.32. The lowest BCUT2D eigenvalue weighted by atomic mass is 10.2. The molecular formula is C18H21Br2I3O4. The van der Waals surface area contributed by atoms with Crippen LogP contribution in [-0.4, -0.2) is 12.3 Å². The van der Waals surface area contributed by atoms with E-state index < -0.39 is 0 Å². The van der Waals surface area contributed by atoms with Gasteiger partial charge in [-0.15, -0.1) is 24.0 Å². The maximum absolute atomic E-state index is 8.12. The highest BCUT2D eigenvalue weighted by atomic mass is 128. The summed E-state index contributed by atoms with van der Waals surface area (Å²) in [6, 6.07) is 16.6. The third-order valence-corrected chi connectivity index (χ3v) is 3.26. The highest BCUT2D eigenvalue weighted by Gasteiger charge is 1.87. The van der Waals surface area contributed by atoms with Gasteiger partial charge in [-0.05, 0) is 43.2 Å². The molecule has 2 rings (SSSR count). The first-order chi connectivity index (χ1) is 11.9. The van der Waals surface area contributed by atoms with E-state index in [1.807, 2.05) is 18.2 Å². The van der Waals surface area contributed by atoms with E-state index >= 15 is 0 Å². The number of aryl methyl sites for hydroxylation is 2. The molecule has 0 radical (unpaired) electrons. The van der Waals surface area contributed by atoms with Gasteiger partial charge in [-0.3, -0.25) is 0 Å². The fraction of sp³-hybridized carbons (Fsp3) is 0.222. The second-order valence-corrected chi connectivity index (χ2v) is 5.78. The molecule has 0 N–H and O–H groups in total. The molecule has 152 valence electrons. The van der Waals surface area contributed by atoms with Crippen LogP contribution in [0.25, 0.3) is 0 Å². The van der Waals surface area contributed by atoms with Gasteiger partial charge in [-0.25, -0.2) is 0 Å². The predicted molar refractivity (Wildman–Crippen MR) is 143 cm³/mol. The summed E-state index contributed by atoms with van der Waals surface area (Å²) in [6.07, 6.45) is 1.61. The third kappa shape index (κ3) is 31.3. The van der Waals surface area contributed by atoms with Gasteiger partial charge in [0.05, 0.1) is 0 Å². The first-order valence-corrected chi connectivity index (χ1v) is 14.4. The molecule has 27 heavy (non-hydrogen) atoms. The van der Waals surface area contributed by atoms with Crippen molar-refractivity contribution >= 4 is 105 Å². The standard InChI is InChI=1S/C8H9Br.C7H7Br.2CO2.CH4.I2.HI/c1-2-7-4-3-5-8(9)6-7;1-6-3-2-4-7(8)5-6;2*2-1-3;;1-2;/h3-6H,2H2,1H3;2-5H,1H3;;;1H4;;1H. The van der Waals surface area contributed by atoms with E-state index in [0.29, 0.717) is 0 Å². The Hall–Kier alpha value is 0.350. The number of hydrogen-bond donors (Lipinski definition) is 0. The van der Waals surface area contributed by atoms with Crippen LogP contribution in [0.4, 0.5) is 0 Å². The Bertz CT molecular complexity index is 615. The molecule has 0 amide bonds. The summed E-state index contributed by atoms with van der Waals surface area (Å²) in [7, 11) is 0. The van der Waals surface area contributed by atoms with E-state index in [1.54, 1.807) is 0 Å². The molecule has 9 heteroatoms. The number of carbonyl (C=O) groups excluding carboxylic acids is 4. The van der Waals surface area contributed by atoms with Crippen LogP contribution in [0.1, 0.15) is 25.5 Å². The highest BCUT2D eigenvalue weighted by Crippen LogP contribution is 2.11. The maximum Gasteiger partial charge on any atom is 0.373 e. The maximum atomic E-state index is 8.12. The second kappa shape index (κ2) is 31.1. The summed E-state index contributed by atoms with van der Waals surface area (Å²) in [4.78, 5) is 32.5. The molecular weight excluding hydrogens is 821 g/mol. The smallest absolute Gasteiger partial charge is 0.186 e. The van der Waals surface area contributed by atoms with Crippen molar-refractivity contribution in [3.63, 3.8) is 0 Å². The van der Waals surface area contributed by atoms with Crippen LogP contribution in [0.15, 0.2) is 57.5 Å². The molecule has 4 nitrogen and oxygen atoms in total. The lowest BCUT2D eigenvalue weighted by Gasteiger charge is -1.94. The average Bonchev–Trinajstić information content (AvgIpc) is 2.58. The quantitative estimate of drug-likeness (QED) is 0.278. The van der Waals surface area contributed by atoms with Crippen LogP contribution in [0.2, 0.25) is 0 Å². The summed E-state index contributed by atoms with van der Waals surface area (Å²) < 4.78 is 2.32. The largest absolute Gasteiger partial charge is 0.373 e. The molecule has 0 saturated carbocycles. The van der Waals surface area contributed by atoms with Crippen molar-refractivity contribution in [1.82, 2.24) is 0 Å². The monoisotopic (exact) mass is 840 g/mol. The van der Waals surface area contributed by atoms with Gasteiger partial charge >= 0.3 is 12.3 Å². The van der Waals surface area contributed by atoms with Gasteiger partial charge in [0.1, 0.15) is 0 Å². The summed E-state index contributed by atoms with van der Waals surface area (Å²) in [6.45, 7) is 4.23. The van der Waals surface area contributed by atoms with E-state index in [0.717, 1.165) is 10.9 Å². The highest BCUT2D eigenvalue weighted by molar-refractivity contribution is 15.0. The van der Waals surface area contributed by atoms with Crippen molar-refractivity contribution < 1.29 is 19.2 Å². The van der Waals surface area contributed by atoms with Gasteiger partial charge in [0.15, 0.2) is 0 Å². The molecule has 0 aliphatic carbocycles. The predicted octanol–water partition coefficient (Wildman–Crippen LogP) is 7.63. The first kappa shape index (κ1) is 38.0. The van der Waals surface area contributed by atoms with E-state index in [9.17, 15) is 0 Å². The molecule has 0 fully saturated rings. The Labute approximate surface area is 218 Å². The van der Waals surface area contributed by atoms with Gasteiger partial charge in [-0.1, -0.05) is 76.0 Å². The van der Waals surface area contributed by atoms with Gasteiger partial charge in [0.2, 0.25) is 0 Å². The molecule has 0 aliphatic rings. The molecule has 0 spiro atoms. The minimum atomic E-state index is 0. The van der Waals surface area contributed by atoms with Crippen LogP contribution < -0.4 is 0 Å². The van der Waals surface area contributed by atoms with Crippen molar-refractivity contribution in [2.45, 2.75) is 27.7 Å². The van der Waals surface area contributed by atoms with E-state index in [4.69, 9.17) is 19.2 Å². The van der Waals surface area contributed by atoms with Crippen LogP contribution in [0.5, 0.6) is 0 Å². The van der Waals surface area contributed by atoms with Gasteiger partial charge in [0, 0.05) is 46.2 Å². The fourth-order valence-electron chi connectivity index (χ4n) is 1.36. The van der Waals surface area contributed by atoms with E-state index in [1.165, 1.54) is 15.6 Å². The molecule has 0 aliphatic heterocycles. The molecule has 0 atom stereocenters. The second-order valence-electron chi connectivity index (χ2n) is 3.95. The lowest BCUT2D eigenvalue weighted by molar-refractivity contribution is -0.193. The zero-order chi connectivity index (χ0) is 20.1. The Morgan fingerprint density at radius 1 is 0.852 bits per heavy atom. The summed E-state index contributed by atoms with van der Waals surface area (Å²) in [5.41, 5.74) is 2.67. The SMILES string of the molecule is C.CCc1cccc(Br)c1.Cc1cccc(Br)c1.I.II.O=C=O.O=C=O. The topological polar surface area (TPSA) is 68.3 Å². The molecule has 2 aromatic carbocycles. The van der Waals surface area contributed by atoms with Crippen molar-refractivity contribution in [3.05, 3.63) is 68.6 Å². The Balaban J connectivity index is -0.0000000827. The minimum Gasteiger partial charge on any atom is -0.186 e. The van der Waals surface area contributed by atoms with Crippen molar-refractivity contribution in [2.24, 2.45) is 0 Å². The third-order valence-electron chi connectivity index (χ3n) is 2.28. The molecule has 0 aromatic heterocycles. The normalized spacial score (nSPS) is 6.74. The van der Waals surface area contributed by atoms with Crippen LogP contribution in [-0.2, 0) is 25.6 Å². The Kier molecular flexibility index (Phi) is 43.7. The van der Waals surface area contributed by atoms with Crippen molar-refractivity contribution in [2.75, 3.05) is 0 Å². The number of hydrogen-bond acceptors (Lipinski definition) is 4. The van der Waals surface area contributed by atoms with E-state index in [-0.39, 0.29) is 43.7 Å². The summed E-state index contributed by atoms with van der Waals surface area (Å²) in [5, 5.41) is 0. The van der Waals surface area contributed by atoms with E-state index in [2.05, 4.69) is 113 Å². The summed E-state index contributed by atoms with van der Waals surface area (Å²) in [5.74, 6) is 0. The van der Waals surface area contributed by atoms with Crippen LogP contribution >= 0.6 is 93.1 Å².